The molecule has 4 heteroatoms. The second-order valence-electron chi connectivity index (χ2n) is 5.22. The van der Waals surface area contributed by atoms with Crippen molar-refractivity contribution in [2.75, 3.05) is 13.6 Å². The van der Waals surface area contributed by atoms with Gasteiger partial charge in [-0.1, -0.05) is 13.3 Å². The average molecular weight is 313 g/mol. The molecule has 18 heavy (non-hydrogen) atoms. The van der Waals surface area contributed by atoms with Crippen LogP contribution in [-0.2, 0) is 6.54 Å². The number of aryl methyl sites for hydroxylation is 1. The molecule has 0 atom stereocenters. The van der Waals surface area contributed by atoms with Gasteiger partial charge in [-0.15, -0.1) is 0 Å². The molecule has 0 spiro atoms. The van der Waals surface area contributed by atoms with Crippen LogP contribution in [0.25, 0.3) is 0 Å². The molecule has 3 nitrogen and oxygen atoms in total. The Morgan fingerprint density at radius 1 is 1.56 bits per heavy atom. The standard InChI is InChI=1S/C14H21BrN2O/c1-3-7-17-10-12(15)8-13(17)14(18)16(2)9-11-5-4-6-11/h8,10-11H,3-7,9H2,1-2H3. The number of aromatic nitrogens is 1. The molecule has 1 aliphatic rings. The van der Waals surface area contributed by atoms with E-state index in [0.29, 0.717) is 0 Å². The van der Waals surface area contributed by atoms with E-state index in [4.69, 9.17) is 0 Å². The lowest BCUT2D eigenvalue weighted by molar-refractivity contribution is 0.0734. The van der Waals surface area contributed by atoms with Crippen molar-refractivity contribution in [1.82, 2.24) is 9.47 Å². The molecular formula is C14H21BrN2O. The summed E-state index contributed by atoms with van der Waals surface area (Å²) in [5, 5.41) is 0. The minimum absolute atomic E-state index is 0.140. The van der Waals surface area contributed by atoms with Gasteiger partial charge in [0, 0.05) is 30.8 Å². The van der Waals surface area contributed by atoms with Crippen LogP contribution in [0.3, 0.4) is 0 Å². The number of halogens is 1. The Bertz CT molecular complexity index is 423. The monoisotopic (exact) mass is 312 g/mol. The predicted octanol–water partition coefficient (Wildman–Crippen LogP) is 3.53. The van der Waals surface area contributed by atoms with Crippen LogP contribution in [0.4, 0.5) is 0 Å². The van der Waals surface area contributed by atoms with E-state index in [1.165, 1.54) is 19.3 Å². The van der Waals surface area contributed by atoms with E-state index in [1.807, 2.05) is 28.8 Å². The number of nitrogens with zero attached hydrogens (tertiary/aromatic N) is 2. The Labute approximate surface area is 117 Å². The maximum atomic E-state index is 12.4. The topological polar surface area (TPSA) is 25.2 Å². The lowest BCUT2D eigenvalue weighted by Gasteiger charge is -2.30. The number of hydrogen-bond acceptors (Lipinski definition) is 1. The summed E-state index contributed by atoms with van der Waals surface area (Å²) in [5.41, 5.74) is 0.797. The molecule has 0 saturated heterocycles. The van der Waals surface area contributed by atoms with E-state index in [-0.39, 0.29) is 5.91 Å². The van der Waals surface area contributed by atoms with Gasteiger partial charge in [0.2, 0.25) is 0 Å². The highest BCUT2D eigenvalue weighted by Gasteiger charge is 2.23. The minimum atomic E-state index is 0.140. The summed E-state index contributed by atoms with van der Waals surface area (Å²) in [4.78, 5) is 14.3. The van der Waals surface area contributed by atoms with E-state index in [0.717, 1.165) is 35.6 Å². The highest BCUT2D eigenvalue weighted by atomic mass is 79.9. The summed E-state index contributed by atoms with van der Waals surface area (Å²) in [6.45, 7) is 3.91. The third-order valence-corrected chi connectivity index (χ3v) is 4.08. The van der Waals surface area contributed by atoms with Crippen molar-refractivity contribution in [1.29, 1.82) is 0 Å². The Morgan fingerprint density at radius 3 is 2.83 bits per heavy atom. The van der Waals surface area contributed by atoms with Crippen molar-refractivity contribution >= 4 is 21.8 Å². The summed E-state index contributed by atoms with van der Waals surface area (Å²) >= 11 is 3.45. The molecule has 1 amide bonds. The molecule has 0 N–H and O–H groups in total. The van der Waals surface area contributed by atoms with Crippen molar-refractivity contribution in [3.05, 3.63) is 22.4 Å². The Balaban J connectivity index is 2.06. The van der Waals surface area contributed by atoms with Gasteiger partial charge in [0.05, 0.1) is 0 Å². The first-order valence-electron chi connectivity index (χ1n) is 6.73. The molecule has 0 unspecified atom stereocenters. The second-order valence-corrected chi connectivity index (χ2v) is 6.14. The molecule has 0 aliphatic heterocycles. The van der Waals surface area contributed by atoms with Gasteiger partial charge in [0.15, 0.2) is 0 Å². The van der Waals surface area contributed by atoms with Crippen LogP contribution < -0.4 is 0 Å². The Morgan fingerprint density at radius 2 is 2.28 bits per heavy atom. The Hall–Kier alpha value is -0.770. The molecule has 1 aromatic heterocycles. The summed E-state index contributed by atoms with van der Waals surface area (Å²) in [7, 11) is 1.91. The van der Waals surface area contributed by atoms with Crippen molar-refractivity contribution in [3.63, 3.8) is 0 Å². The molecule has 1 aromatic rings. The van der Waals surface area contributed by atoms with E-state index in [9.17, 15) is 4.79 Å². The van der Waals surface area contributed by atoms with Crippen LogP contribution in [0.15, 0.2) is 16.7 Å². The summed E-state index contributed by atoms with van der Waals surface area (Å²) < 4.78 is 3.03. The second kappa shape index (κ2) is 5.91. The van der Waals surface area contributed by atoms with Crippen LogP contribution in [-0.4, -0.2) is 29.0 Å². The lowest BCUT2D eigenvalue weighted by Crippen LogP contribution is -2.35. The maximum absolute atomic E-state index is 12.4. The normalized spacial score (nSPS) is 15.5. The van der Waals surface area contributed by atoms with Crippen molar-refractivity contribution < 1.29 is 4.79 Å². The van der Waals surface area contributed by atoms with Gasteiger partial charge < -0.3 is 9.47 Å². The number of rotatable bonds is 5. The highest BCUT2D eigenvalue weighted by Crippen LogP contribution is 2.27. The van der Waals surface area contributed by atoms with Crippen LogP contribution in [0.2, 0.25) is 0 Å². The smallest absolute Gasteiger partial charge is 0.270 e. The maximum Gasteiger partial charge on any atom is 0.270 e. The zero-order valence-electron chi connectivity index (χ0n) is 11.2. The molecule has 1 aliphatic carbocycles. The number of carbonyl (C=O) groups excluding carboxylic acids is 1. The molecule has 1 saturated carbocycles. The first-order chi connectivity index (χ1) is 8.61. The van der Waals surface area contributed by atoms with Gasteiger partial charge in [0.25, 0.3) is 5.91 Å². The third kappa shape index (κ3) is 2.97. The number of amides is 1. The highest BCUT2D eigenvalue weighted by molar-refractivity contribution is 9.10. The van der Waals surface area contributed by atoms with Gasteiger partial charge in [-0.25, -0.2) is 0 Å². The lowest BCUT2D eigenvalue weighted by atomic mass is 9.85. The average Bonchev–Trinajstić information content (AvgIpc) is 2.64. The van der Waals surface area contributed by atoms with E-state index in [2.05, 4.69) is 22.9 Å². The molecule has 1 heterocycles. The van der Waals surface area contributed by atoms with Gasteiger partial charge in [-0.3, -0.25) is 4.79 Å². The van der Waals surface area contributed by atoms with Crippen LogP contribution in [0, 0.1) is 5.92 Å². The number of carbonyl (C=O) groups is 1. The fourth-order valence-corrected chi connectivity index (χ4v) is 2.88. The summed E-state index contributed by atoms with van der Waals surface area (Å²) in [6, 6.07) is 1.93. The quantitative estimate of drug-likeness (QED) is 0.816. The summed E-state index contributed by atoms with van der Waals surface area (Å²) in [6.07, 6.45) is 6.90. The first-order valence-corrected chi connectivity index (χ1v) is 7.52. The van der Waals surface area contributed by atoms with Gasteiger partial charge in [0.1, 0.15) is 5.69 Å². The van der Waals surface area contributed by atoms with Crippen molar-refractivity contribution in [2.45, 2.75) is 39.2 Å². The Kier molecular flexibility index (Phi) is 4.49. The zero-order valence-corrected chi connectivity index (χ0v) is 12.7. The third-order valence-electron chi connectivity index (χ3n) is 3.65. The van der Waals surface area contributed by atoms with E-state index >= 15 is 0 Å². The fourth-order valence-electron chi connectivity index (χ4n) is 2.42. The molecule has 100 valence electrons. The molecule has 0 bridgehead atoms. The molecule has 0 aromatic carbocycles. The van der Waals surface area contributed by atoms with Crippen LogP contribution >= 0.6 is 15.9 Å². The van der Waals surface area contributed by atoms with Gasteiger partial charge >= 0.3 is 0 Å². The summed E-state index contributed by atoms with van der Waals surface area (Å²) in [5.74, 6) is 0.859. The van der Waals surface area contributed by atoms with Crippen LogP contribution in [0.5, 0.6) is 0 Å². The largest absolute Gasteiger partial charge is 0.342 e. The van der Waals surface area contributed by atoms with Crippen LogP contribution in [0.1, 0.15) is 43.1 Å². The zero-order chi connectivity index (χ0) is 13.1. The molecule has 1 fully saturated rings. The molecular weight excluding hydrogens is 292 g/mol. The van der Waals surface area contributed by atoms with Gasteiger partial charge in [-0.2, -0.15) is 0 Å². The SMILES string of the molecule is CCCn1cc(Br)cc1C(=O)N(C)CC1CCC1. The fraction of sp³-hybridized carbons (Fsp3) is 0.643. The van der Waals surface area contributed by atoms with E-state index in [1.54, 1.807) is 0 Å². The van der Waals surface area contributed by atoms with Crippen molar-refractivity contribution in [3.8, 4) is 0 Å². The first kappa shape index (κ1) is 13.7. The molecule has 2 rings (SSSR count). The van der Waals surface area contributed by atoms with Crippen molar-refractivity contribution in [2.24, 2.45) is 5.92 Å². The number of hydrogen-bond donors (Lipinski definition) is 0. The van der Waals surface area contributed by atoms with Gasteiger partial charge in [-0.05, 0) is 47.2 Å². The predicted molar refractivity (Wildman–Crippen MR) is 76.7 cm³/mol. The minimum Gasteiger partial charge on any atom is -0.342 e. The molecule has 0 radical (unpaired) electrons. The van der Waals surface area contributed by atoms with E-state index < -0.39 is 0 Å².